The molecule has 0 spiro atoms. The zero-order valence-electron chi connectivity index (χ0n) is 9.50. The number of hydrogen-bond acceptors (Lipinski definition) is 4. The molecule has 1 aromatic carbocycles. The van der Waals surface area contributed by atoms with E-state index in [2.05, 4.69) is 10.1 Å². The minimum atomic E-state index is -1.09. The largest absolute Gasteiger partial charge is 0.372 e. The van der Waals surface area contributed by atoms with Crippen LogP contribution in [0, 0.1) is 4.91 Å². The third-order valence-electron chi connectivity index (χ3n) is 3.03. The van der Waals surface area contributed by atoms with Crippen molar-refractivity contribution >= 4 is 11.6 Å². The van der Waals surface area contributed by atoms with Crippen LogP contribution in [0.5, 0.6) is 0 Å². The summed E-state index contributed by atoms with van der Waals surface area (Å²) in [4.78, 5) is 23.9. The second-order valence-corrected chi connectivity index (χ2v) is 4.20. The zero-order chi connectivity index (χ0) is 12.3. The molecule has 5 heteroatoms. The van der Waals surface area contributed by atoms with Gasteiger partial charge in [0, 0.05) is 18.8 Å². The SMILES string of the molecule is NC(=O)C(N=O)c1cccc(N2CCCC2)c1. The van der Waals surface area contributed by atoms with Crippen LogP contribution in [0.2, 0.25) is 0 Å². The van der Waals surface area contributed by atoms with Gasteiger partial charge in [-0.05, 0) is 30.5 Å². The highest BCUT2D eigenvalue weighted by Crippen LogP contribution is 2.25. The predicted octanol–water partition coefficient (Wildman–Crippen LogP) is 1.58. The van der Waals surface area contributed by atoms with Crippen molar-refractivity contribution in [2.75, 3.05) is 18.0 Å². The van der Waals surface area contributed by atoms with E-state index in [1.165, 1.54) is 12.8 Å². The highest BCUT2D eigenvalue weighted by molar-refractivity contribution is 5.82. The Bertz CT molecular complexity index is 428. The standard InChI is InChI=1S/C12H15N3O2/c13-12(16)11(14-17)9-4-3-5-10(8-9)15-6-1-2-7-15/h3-5,8,11H,1-2,6-7H2,(H2,13,16). The molecule has 0 aromatic heterocycles. The Morgan fingerprint density at radius 3 is 2.65 bits per heavy atom. The number of hydrogen-bond donors (Lipinski definition) is 1. The Kier molecular flexibility index (Phi) is 3.37. The third-order valence-corrected chi connectivity index (χ3v) is 3.03. The second kappa shape index (κ2) is 4.95. The fourth-order valence-electron chi connectivity index (χ4n) is 2.14. The first kappa shape index (κ1) is 11.6. The number of primary amides is 1. The molecule has 0 aliphatic carbocycles. The van der Waals surface area contributed by atoms with E-state index in [9.17, 15) is 9.70 Å². The van der Waals surface area contributed by atoms with E-state index >= 15 is 0 Å². The molecule has 1 aliphatic rings. The topological polar surface area (TPSA) is 75.8 Å². The van der Waals surface area contributed by atoms with Gasteiger partial charge in [-0.2, -0.15) is 0 Å². The number of amides is 1. The van der Waals surface area contributed by atoms with Gasteiger partial charge in [0.2, 0.25) is 0 Å². The minimum absolute atomic E-state index is 0.567. The molecule has 5 nitrogen and oxygen atoms in total. The summed E-state index contributed by atoms with van der Waals surface area (Å²) in [6.07, 6.45) is 2.35. The first-order chi connectivity index (χ1) is 8.22. The van der Waals surface area contributed by atoms with Gasteiger partial charge in [0.15, 0.2) is 6.04 Å². The van der Waals surface area contributed by atoms with Gasteiger partial charge >= 0.3 is 0 Å². The van der Waals surface area contributed by atoms with E-state index in [-0.39, 0.29) is 0 Å². The summed E-state index contributed by atoms with van der Waals surface area (Å²) in [5.41, 5.74) is 6.73. The lowest BCUT2D eigenvalue weighted by atomic mass is 10.1. The van der Waals surface area contributed by atoms with Gasteiger partial charge in [0.1, 0.15) is 0 Å². The van der Waals surface area contributed by atoms with E-state index in [1.54, 1.807) is 6.07 Å². The van der Waals surface area contributed by atoms with Crippen molar-refractivity contribution in [1.29, 1.82) is 0 Å². The van der Waals surface area contributed by atoms with Crippen molar-refractivity contribution in [3.63, 3.8) is 0 Å². The highest BCUT2D eigenvalue weighted by atomic mass is 16.3. The molecule has 1 aromatic rings. The van der Waals surface area contributed by atoms with Crippen LogP contribution in [0.3, 0.4) is 0 Å². The average Bonchev–Trinajstić information content (AvgIpc) is 2.83. The molecule has 1 amide bonds. The second-order valence-electron chi connectivity index (χ2n) is 4.20. The van der Waals surface area contributed by atoms with Gasteiger partial charge < -0.3 is 10.6 Å². The smallest absolute Gasteiger partial charge is 0.250 e. The third kappa shape index (κ3) is 2.43. The summed E-state index contributed by atoms with van der Waals surface area (Å²) in [7, 11) is 0. The van der Waals surface area contributed by atoms with Gasteiger partial charge in [0.25, 0.3) is 5.91 Å². The van der Waals surface area contributed by atoms with Gasteiger partial charge in [-0.3, -0.25) is 4.79 Å². The maximum atomic E-state index is 11.1. The Morgan fingerprint density at radius 1 is 1.35 bits per heavy atom. The molecule has 0 bridgehead atoms. The summed E-state index contributed by atoms with van der Waals surface area (Å²) >= 11 is 0. The molecule has 1 unspecified atom stereocenters. The molecule has 2 rings (SSSR count). The molecule has 1 fully saturated rings. The minimum Gasteiger partial charge on any atom is -0.372 e. The zero-order valence-corrected chi connectivity index (χ0v) is 9.50. The number of benzene rings is 1. The van der Waals surface area contributed by atoms with Crippen LogP contribution < -0.4 is 10.6 Å². The van der Waals surface area contributed by atoms with Crippen LogP contribution in [0.4, 0.5) is 5.69 Å². The lowest BCUT2D eigenvalue weighted by Crippen LogP contribution is -2.21. The van der Waals surface area contributed by atoms with Crippen LogP contribution >= 0.6 is 0 Å². The first-order valence-electron chi connectivity index (χ1n) is 5.69. The fourth-order valence-corrected chi connectivity index (χ4v) is 2.14. The lowest BCUT2D eigenvalue weighted by molar-refractivity contribution is -0.119. The quantitative estimate of drug-likeness (QED) is 0.802. The van der Waals surface area contributed by atoms with Crippen molar-refractivity contribution in [1.82, 2.24) is 0 Å². The number of carbonyl (C=O) groups excluding carboxylic acids is 1. The van der Waals surface area contributed by atoms with Crippen LogP contribution in [0.1, 0.15) is 24.4 Å². The maximum absolute atomic E-state index is 11.1. The van der Waals surface area contributed by atoms with E-state index in [0.29, 0.717) is 5.56 Å². The molecule has 17 heavy (non-hydrogen) atoms. The van der Waals surface area contributed by atoms with Crippen molar-refractivity contribution in [3.8, 4) is 0 Å². The van der Waals surface area contributed by atoms with Gasteiger partial charge in [-0.15, -0.1) is 4.91 Å². The summed E-state index contributed by atoms with van der Waals surface area (Å²) in [6, 6.07) is 6.23. The highest BCUT2D eigenvalue weighted by Gasteiger charge is 2.20. The molecule has 90 valence electrons. The number of carbonyl (C=O) groups is 1. The normalized spacial score (nSPS) is 16.8. The van der Waals surface area contributed by atoms with Crippen molar-refractivity contribution in [2.45, 2.75) is 18.9 Å². The Morgan fingerprint density at radius 2 is 2.06 bits per heavy atom. The Hall–Kier alpha value is -1.91. The van der Waals surface area contributed by atoms with Gasteiger partial charge in [-0.25, -0.2) is 0 Å². The maximum Gasteiger partial charge on any atom is 0.250 e. The summed E-state index contributed by atoms with van der Waals surface area (Å²) in [6.45, 7) is 2.03. The van der Waals surface area contributed by atoms with E-state index in [0.717, 1.165) is 18.8 Å². The van der Waals surface area contributed by atoms with Crippen molar-refractivity contribution in [3.05, 3.63) is 34.7 Å². The molecule has 0 radical (unpaired) electrons. The lowest BCUT2D eigenvalue weighted by Gasteiger charge is -2.18. The number of rotatable bonds is 4. The molecule has 1 saturated heterocycles. The summed E-state index contributed by atoms with van der Waals surface area (Å²) < 4.78 is 0. The molecule has 1 heterocycles. The van der Waals surface area contributed by atoms with Crippen LogP contribution in [-0.2, 0) is 4.79 Å². The molecule has 2 N–H and O–H groups in total. The fraction of sp³-hybridized carbons (Fsp3) is 0.417. The van der Waals surface area contributed by atoms with E-state index in [1.807, 2.05) is 18.2 Å². The Labute approximate surface area is 99.6 Å². The van der Waals surface area contributed by atoms with Crippen molar-refractivity contribution in [2.24, 2.45) is 10.9 Å². The van der Waals surface area contributed by atoms with Gasteiger partial charge in [0.05, 0.1) is 0 Å². The number of nitrogens with two attached hydrogens (primary N) is 1. The molecule has 1 atom stereocenters. The monoisotopic (exact) mass is 233 g/mol. The molecular formula is C12H15N3O2. The Balaban J connectivity index is 2.26. The number of nitrogens with zero attached hydrogens (tertiary/aromatic N) is 2. The van der Waals surface area contributed by atoms with E-state index in [4.69, 9.17) is 5.73 Å². The van der Waals surface area contributed by atoms with E-state index < -0.39 is 11.9 Å². The number of anilines is 1. The predicted molar refractivity (Wildman–Crippen MR) is 65.6 cm³/mol. The van der Waals surface area contributed by atoms with Gasteiger partial charge in [-0.1, -0.05) is 17.3 Å². The van der Waals surface area contributed by atoms with Crippen LogP contribution in [0.25, 0.3) is 0 Å². The number of nitroso groups, excluding NO2 is 1. The first-order valence-corrected chi connectivity index (χ1v) is 5.69. The van der Waals surface area contributed by atoms with Crippen LogP contribution in [0.15, 0.2) is 29.4 Å². The molecule has 0 saturated carbocycles. The van der Waals surface area contributed by atoms with Crippen molar-refractivity contribution < 1.29 is 4.79 Å². The summed E-state index contributed by atoms with van der Waals surface area (Å²) in [5, 5.41) is 2.78. The molecular weight excluding hydrogens is 218 g/mol. The summed E-state index contributed by atoms with van der Waals surface area (Å²) in [5.74, 6) is -0.710. The average molecular weight is 233 g/mol. The molecule has 1 aliphatic heterocycles. The van der Waals surface area contributed by atoms with Crippen LogP contribution in [-0.4, -0.2) is 19.0 Å².